The molecule has 0 spiro atoms. The van der Waals surface area contributed by atoms with Gasteiger partial charge in [-0.1, -0.05) is 35.9 Å². The molecule has 0 saturated carbocycles. The van der Waals surface area contributed by atoms with E-state index in [0.29, 0.717) is 10.8 Å². The van der Waals surface area contributed by atoms with Gasteiger partial charge in [0.2, 0.25) is 0 Å². The van der Waals surface area contributed by atoms with E-state index in [1.807, 2.05) is 29.2 Å². The number of ether oxygens (including phenoxy) is 1. The monoisotopic (exact) mass is 315 g/mol. The first kappa shape index (κ1) is 14.9. The van der Waals surface area contributed by atoms with E-state index in [9.17, 15) is 4.79 Å². The molecule has 0 bridgehead atoms. The van der Waals surface area contributed by atoms with Crippen molar-refractivity contribution in [2.45, 2.75) is 32.4 Å². The maximum absolute atomic E-state index is 12.8. The van der Waals surface area contributed by atoms with Crippen LogP contribution in [0.1, 0.15) is 19.4 Å². The maximum Gasteiger partial charge on any atom is 0.268 e. The van der Waals surface area contributed by atoms with Crippen molar-refractivity contribution in [3.63, 3.8) is 0 Å². The molecule has 114 valence electrons. The predicted octanol–water partition coefficient (Wildman–Crippen LogP) is 4.09. The first-order valence-corrected chi connectivity index (χ1v) is 7.77. The Morgan fingerprint density at radius 1 is 1.27 bits per heavy atom. The third-order valence-corrected chi connectivity index (χ3v) is 4.14. The van der Waals surface area contributed by atoms with Crippen molar-refractivity contribution in [3.8, 4) is 5.75 Å². The van der Waals surface area contributed by atoms with E-state index in [0.717, 1.165) is 12.1 Å². The standard InChI is InChI=1S/C18H18ClNO2/c1-12-10-14-6-3-4-9-17(14)20(12)18(21)13(2)22-16-8-5-7-15(19)11-16/h3-9,11-13H,10H2,1-2H3/t12-,13-/m1/s1. The van der Waals surface area contributed by atoms with Gasteiger partial charge in [-0.15, -0.1) is 0 Å². The van der Waals surface area contributed by atoms with E-state index < -0.39 is 6.10 Å². The minimum Gasteiger partial charge on any atom is -0.481 e. The molecule has 0 fully saturated rings. The zero-order chi connectivity index (χ0) is 15.7. The number of anilines is 1. The lowest BCUT2D eigenvalue weighted by atomic mass is 10.1. The third kappa shape index (κ3) is 2.81. The fourth-order valence-corrected chi connectivity index (χ4v) is 3.07. The molecule has 1 aliphatic rings. The number of benzene rings is 2. The van der Waals surface area contributed by atoms with Gasteiger partial charge in [-0.3, -0.25) is 4.79 Å². The van der Waals surface area contributed by atoms with E-state index in [1.165, 1.54) is 5.56 Å². The van der Waals surface area contributed by atoms with Gasteiger partial charge in [0.1, 0.15) is 5.75 Å². The second-order valence-electron chi connectivity index (χ2n) is 5.61. The zero-order valence-corrected chi connectivity index (χ0v) is 13.4. The molecule has 3 nitrogen and oxygen atoms in total. The minimum atomic E-state index is -0.563. The van der Waals surface area contributed by atoms with Crippen LogP contribution in [0.4, 0.5) is 5.69 Å². The predicted molar refractivity (Wildman–Crippen MR) is 88.6 cm³/mol. The Kier molecular flexibility index (Phi) is 4.08. The Bertz CT molecular complexity index is 701. The Hall–Kier alpha value is -2.00. The van der Waals surface area contributed by atoms with Crippen LogP contribution in [0.15, 0.2) is 48.5 Å². The first-order valence-electron chi connectivity index (χ1n) is 7.39. The molecule has 1 heterocycles. The molecule has 3 rings (SSSR count). The lowest BCUT2D eigenvalue weighted by molar-refractivity contribution is -0.124. The van der Waals surface area contributed by atoms with Crippen molar-refractivity contribution in [2.24, 2.45) is 0 Å². The van der Waals surface area contributed by atoms with Crippen LogP contribution in [0.2, 0.25) is 5.02 Å². The summed E-state index contributed by atoms with van der Waals surface area (Å²) in [5.74, 6) is 0.575. The summed E-state index contributed by atoms with van der Waals surface area (Å²) in [7, 11) is 0. The topological polar surface area (TPSA) is 29.5 Å². The highest BCUT2D eigenvalue weighted by molar-refractivity contribution is 6.30. The molecule has 2 aromatic carbocycles. The molecular weight excluding hydrogens is 298 g/mol. The van der Waals surface area contributed by atoms with Crippen LogP contribution in [0.25, 0.3) is 0 Å². The molecular formula is C18H18ClNO2. The number of nitrogens with zero attached hydrogens (tertiary/aromatic N) is 1. The van der Waals surface area contributed by atoms with Gasteiger partial charge >= 0.3 is 0 Å². The number of para-hydroxylation sites is 1. The van der Waals surface area contributed by atoms with Gasteiger partial charge < -0.3 is 9.64 Å². The van der Waals surface area contributed by atoms with E-state index >= 15 is 0 Å². The van der Waals surface area contributed by atoms with Gasteiger partial charge in [0.25, 0.3) is 5.91 Å². The highest BCUT2D eigenvalue weighted by atomic mass is 35.5. The summed E-state index contributed by atoms with van der Waals surface area (Å²) in [5.41, 5.74) is 2.19. The van der Waals surface area contributed by atoms with Crippen LogP contribution in [0.5, 0.6) is 5.75 Å². The number of hydrogen-bond donors (Lipinski definition) is 0. The fraction of sp³-hybridized carbons (Fsp3) is 0.278. The van der Waals surface area contributed by atoms with Gasteiger partial charge in [0, 0.05) is 16.8 Å². The van der Waals surface area contributed by atoms with Crippen molar-refractivity contribution in [3.05, 3.63) is 59.1 Å². The lowest BCUT2D eigenvalue weighted by Gasteiger charge is -2.26. The van der Waals surface area contributed by atoms with Gasteiger partial charge in [-0.25, -0.2) is 0 Å². The first-order chi connectivity index (χ1) is 10.6. The highest BCUT2D eigenvalue weighted by Gasteiger charge is 2.33. The quantitative estimate of drug-likeness (QED) is 0.854. The molecule has 4 heteroatoms. The van der Waals surface area contributed by atoms with E-state index in [2.05, 4.69) is 13.0 Å². The van der Waals surface area contributed by atoms with Crippen LogP contribution in [-0.2, 0) is 11.2 Å². The van der Waals surface area contributed by atoms with Crippen molar-refractivity contribution in [1.82, 2.24) is 0 Å². The van der Waals surface area contributed by atoms with Gasteiger partial charge in [-0.2, -0.15) is 0 Å². The van der Waals surface area contributed by atoms with Crippen LogP contribution in [0.3, 0.4) is 0 Å². The van der Waals surface area contributed by atoms with E-state index in [1.54, 1.807) is 25.1 Å². The maximum atomic E-state index is 12.8. The minimum absolute atomic E-state index is 0.0302. The molecule has 0 unspecified atom stereocenters. The number of fused-ring (bicyclic) bond motifs is 1. The number of halogens is 1. The molecule has 0 N–H and O–H groups in total. The number of rotatable bonds is 3. The Labute approximate surface area is 135 Å². The lowest BCUT2D eigenvalue weighted by Crippen LogP contribution is -2.43. The summed E-state index contributed by atoms with van der Waals surface area (Å²) >= 11 is 5.95. The van der Waals surface area contributed by atoms with Crippen molar-refractivity contribution in [1.29, 1.82) is 0 Å². The van der Waals surface area contributed by atoms with Crippen LogP contribution in [-0.4, -0.2) is 18.1 Å². The number of hydrogen-bond acceptors (Lipinski definition) is 2. The van der Waals surface area contributed by atoms with Crippen LogP contribution in [0, 0.1) is 0 Å². The molecule has 0 radical (unpaired) electrons. The van der Waals surface area contributed by atoms with E-state index in [-0.39, 0.29) is 11.9 Å². The SMILES string of the molecule is C[C@@H]1Cc2ccccc2N1C(=O)[C@@H](C)Oc1cccc(Cl)c1. The van der Waals surface area contributed by atoms with Gasteiger partial charge in [0.05, 0.1) is 0 Å². The summed E-state index contributed by atoms with van der Waals surface area (Å²) in [6.07, 6.45) is 0.318. The number of carbonyl (C=O) groups excluding carboxylic acids is 1. The van der Waals surface area contributed by atoms with Crippen molar-refractivity contribution in [2.75, 3.05) is 4.90 Å². The summed E-state index contributed by atoms with van der Waals surface area (Å²) in [4.78, 5) is 14.6. The average Bonchev–Trinajstić information content (AvgIpc) is 2.82. The van der Waals surface area contributed by atoms with Crippen molar-refractivity contribution < 1.29 is 9.53 Å². The molecule has 22 heavy (non-hydrogen) atoms. The largest absolute Gasteiger partial charge is 0.481 e. The molecule has 2 aromatic rings. The highest BCUT2D eigenvalue weighted by Crippen LogP contribution is 2.32. The smallest absolute Gasteiger partial charge is 0.268 e. The average molecular weight is 316 g/mol. The van der Waals surface area contributed by atoms with E-state index in [4.69, 9.17) is 16.3 Å². The number of carbonyl (C=O) groups is 1. The van der Waals surface area contributed by atoms with Gasteiger partial charge in [0.15, 0.2) is 6.10 Å². The van der Waals surface area contributed by atoms with Gasteiger partial charge in [-0.05, 0) is 50.1 Å². The zero-order valence-electron chi connectivity index (χ0n) is 12.6. The second-order valence-corrected chi connectivity index (χ2v) is 6.04. The molecule has 1 amide bonds. The molecule has 0 aromatic heterocycles. The molecule has 0 saturated heterocycles. The third-order valence-electron chi connectivity index (χ3n) is 3.90. The Morgan fingerprint density at radius 2 is 2.05 bits per heavy atom. The fourth-order valence-electron chi connectivity index (χ4n) is 2.89. The summed E-state index contributed by atoms with van der Waals surface area (Å²) in [6, 6.07) is 15.3. The Balaban J connectivity index is 1.79. The Morgan fingerprint density at radius 3 is 2.82 bits per heavy atom. The second kappa shape index (κ2) is 6.01. The molecule has 0 aliphatic carbocycles. The molecule has 2 atom stereocenters. The summed E-state index contributed by atoms with van der Waals surface area (Å²) in [6.45, 7) is 3.83. The summed E-state index contributed by atoms with van der Waals surface area (Å²) < 4.78 is 5.76. The number of amides is 1. The van der Waals surface area contributed by atoms with Crippen molar-refractivity contribution >= 4 is 23.2 Å². The normalized spacial score (nSPS) is 18.0. The summed E-state index contributed by atoms with van der Waals surface area (Å²) in [5, 5.41) is 0.594. The van der Waals surface area contributed by atoms with Crippen LogP contribution >= 0.6 is 11.6 Å². The van der Waals surface area contributed by atoms with Crippen LogP contribution < -0.4 is 9.64 Å². The molecule has 1 aliphatic heterocycles.